The fourth-order valence-electron chi connectivity index (χ4n) is 1.33. The zero-order valence-corrected chi connectivity index (χ0v) is 13.3. The summed E-state index contributed by atoms with van der Waals surface area (Å²) in [5, 5.41) is 0. The molecule has 2 heterocycles. The molecule has 0 amide bonds. The Morgan fingerprint density at radius 3 is 2.60 bits per heavy atom. The van der Waals surface area contributed by atoms with Gasteiger partial charge in [0.1, 0.15) is 8.24 Å². The monoisotopic (exact) mass is 294 g/mol. The molecule has 0 saturated carbocycles. The second-order valence-corrected chi connectivity index (χ2v) is 9.16. The van der Waals surface area contributed by atoms with Crippen LogP contribution in [0.3, 0.4) is 0 Å². The molecule has 0 spiro atoms. The number of hydrogen-bond donors (Lipinski definition) is 0. The first kappa shape index (κ1) is 12.9. The smallest absolute Gasteiger partial charge is 0.142 e. The quantitative estimate of drug-likeness (QED) is 0.593. The third-order valence-electron chi connectivity index (χ3n) is 2.06. The van der Waals surface area contributed by atoms with Gasteiger partial charge in [-0.15, -0.1) is 0 Å². The van der Waals surface area contributed by atoms with E-state index in [1.807, 2.05) is 13.3 Å². The average Bonchev–Trinajstić information content (AvgIpc) is 2.45. The maximum absolute atomic E-state index is 4.39. The number of hydrogen-bond acceptors (Lipinski definition) is 3. The summed E-state index contributed by atoms with van der Waals surface area (Å²) < 4.78 is 2.17. The minimum absolute atomic E-state index is 0. The first-order chi connectivity index (χ1) is 6.48. The van der Waals surface area contributed by atoms with Crippen LogP contribution in [-0.2, 0) is 32.7 Å². The van der Waals surface area contributed by atoms with Crippen LogP contribution in [0.4, 0.5) is 0 Å². The van der Waals surface area contributed by atoms with E-state index in [4.69, 9.17) is 0 Å². The van der Waals surface area contributed by atoms with Crippen LogP contribution in [0.5, 0.6) is 0 Å². The zero-order valence-electron chi connectivity index (χ0n) is 9.44. The van der Waals surface area contributed by atoms with Gasteiger partial charge in [0.25, 0.3) is 0 Å². The molecule has 0 atom stereocenters. The van der Waals surface area contributed by atoms with Gasteiger partial charge in [-0.05, 0) is 6.20 Å². The molecule has 0 aromatic carbocycles. The molecule has 2 aromatic rings. The fraction of sp³-hybridized carbons (Fsp3) is 0.444. The van der Waals surface area contributed by atoms with Gasteiger partial charge in [-0.3, -0.25) is 4.98 Å². The average molecular weight is 294 g/mol. The molecule has 0 aliphatic rings. The summed E-state index contributed by atoms with van der Waals surface area (Å²) >= 11 is 0. The maximum Gasteiger partial charge on any atom is 0.142 e. The molecule has 6 heteroatoms. The number of nitrogens with zero attached hydrogens (tertiary/aromatic N) is 4. The summed E-state index contributed by atoms with van der Waals surface area (Å²) in [6.07, 6.45) is 4.74. The van der Waals surface area contributed by atoms with Crippen LogP contribution in [0, 0.1) is 13.1 Å². The Hall–Kier alpha value is -0.129. The van der Waals surface area contributed by atoms with Crippen molar-refractivity contribution in [1.82, 2.24) is 19.2 Å². The van der Waals surface area contributed by atoms with Gasteiger partial charge in [0.05, 0.1) is 6.33 Å². The van der Waals surface area contributed by atoms with Gasteiger partial charge in [0.15, 0.2) is 0 Å². The van der Waals surface area contributed by atoms with Gasteiger partial charge in [-0.1, -0.05) is 26.6 Å². The van der Waals surface area contributed by atoms with Gasteiger partial charge in [-0.25, -0.2) is 0 Å². The van der Waals surface area contributed by atoms with Crippen LogP contribution in [-0.4, -0.2) is 27.4 Å². The van der Waals surface area contributed by atoms with Crippen molar-refractivity contribution in [2.45, 2.75) is 26.6 Å². The summed E-state index contributed by atoms with van der Waals surface area (Å²) in [7, 11) is -1.42. The molecular formula is C9H13N4SiY-. The van der Waals surface area contributed by atoms with E-state index in [0.29, 0.717) is 0 Å². The van der Waals surface area contributed by atoms with Crippen LogP contribution in [0.15, 0.2) is 6.33 Å². The van der Waals surface area contributed by atoms with Crippen molar-refractivity contribution in [3.63, 3.8) is 0 Å². The number of aromatic nitrogens is 4. The Kier molecular flexibility index (Phi) is 3.79. The predicted molar refractivity (Wildman–Crippen MR) is 57.6 cm³/mol. The van der Waals surface area contributed by atoms with Crippen molar-refractivity contribution in [2.24, 2.45) is 0 Å². The Morgan fingerprint density at radius 2 is 2.00 bits per heavy atom. The molecule has 15 heavy (non-hydrogen) atoms. The van der Waals surface area contributed by atoms with Crippen LogP contribution >= 0.6 is 0 Å². The first-order valence-electron chi connectivity index (χ1n) is 4.58. The Bertz CT molecular complexity index is 474. The normalized spacial score (nSPS) is 11.5. The topological polar surface area (TPSA) is 43.6 Å². The number of imidazole rings is 1. The van der Waals surface area contributed by atoms with E-state index in [2.05, 4.69) is 45.0 Å². The van der Waals surface area contributed by atoms with Crippen molar-refractivity contribution in [2.75, 3.05) is 0 Å². The van der Waals surface area contributed by atoms with E-state index in [1.165, 1.54) is 0 Å². The SMILES string of the molecule is Cc1n[c-]c2ncn([Si](C)(C)C)c2n1.[Y]. The number of fused-ring (bicyclic) bond motifs is 1. The van der Waals surface area contributed by atoms with Crippen molar-refractivity contribution in [3.8, 4) is 0 Å². The van der Waals surface area contributed by atoms with Gasteiger partial charge in [0, 0.05) is 49.7 Å². The molecule has 1 radical (unpaired) electrons. The molecular weight excluding hydrogens is 281 g/mol. The molecule has 0 bridgehead atoms. The molecule has 0 aliphatic heterocycles. The Labute approximate surface area is 115 Å². The third kappa shape index (κ3) is 2.52. The predicted octanol–water partition coefficient (Wildman–Crippen LogP) is 1.62. The van der Waals surface area contributed by atoms with E-state index in [1.54, 1.807) is 0 Å². The van der Waals surface area contributed by atoms with E-state index < -0.39 is 8.24 Å². The molecule has 0 N–H and O–H groups in total. The van der Waals surface area contributed by atoms with E-state index in [9.17, 15) is 0 Å². The van der Waals surface area contributed by atoms with Gasteiger partial charge < -0.3 is 14.2 Å². The maximum atomic E-state index is 4.39. The molecule has 0 saturated heterocycles. The van der Waals surface area contributed by atoms with Crippen molar-refractivity contribution >= 4 is 19.4 Å². The molecule has 4 nitrogen and oxygen atoms in total. The molecule has 0 fully saturated rings. The van der Waals surface area contributed by atoms with Gasteiger partial charge in [-0.2, -0.15) is 0 Å². The molecule has 0 aliphatic carbocycles. The van der Waals surface area contributed by atoms with Crippen LogP contribution in [0.1, 0.15) is 5.82 Å². The second-order valence-electron chi connectivity index (χ2n) is 4.34. The second kappa shape index (κ2) is 4.39. The van der Waals surface area contributed by atoms with E-state index in [-0.39, 0.29) is 32.7 Å². The van der Waals surface area contributed by atoms with Crippen molar-refractivity contribution < 1.29 is 32.7 Å². The summed E-state index contributed by atoms with van der Waals surface area (Å²) in [5.74, 6) is 0.748. The summed E-state index contributed by atoms with van der Waals surface area (Å²) in [4.78, 5) is 12.6. The number of aryl methyl sites for hydroxylation is 1. The molecule has 0 unspecified atom stereocenters. The fourth-order valence-corrected chi connectivity index (χ4v) is 2.53. The van der Waals surface area contributed by atoms with E-state index >= 15 is 0 Å². The van der Waals surface area contributed by atoms with Gasteiger partial charge >= 0.3 is 0 Å². The standard InChI is InChI=1S/C9H13N4Si.Y/c1-7-10-5-8-9(12-7)13(6-11-8)14(2,3)4;/h6H,1-4H3;/q-1;. The zero-order chi connectivity index (χ0) is 10.3. The molecule has 2 rings (SSSR count). The van der Waals surface area contributed by atoms with Gasteiger partial charge in [0.2, 0.25) is 0 Å². The molecule has 77 valence electrons. The Balaban J connectivity index is 0.00000112. The largest absolute Gasteiger partial charge is 0.397 e. The number of rotatable bonds is 1. The van der Waals surface area contributed by atoms with Crippen LogP contribution in [0.25, 0.3) is 11.2 Å². The van der Waals surface area contributed by atoms with E-state index in [0.717, 1.165) is 17.0 Å². The third-order valence-corrected chi connectivity index (χ3v) is 3.83. The van der Waals surface area contributed by atoms with Crippen LogP contribution in [0.2, 0.25) is 19.6 Å². The van der Waals surface area contributed by atoms with Crippen molar-refractivity contribution in [1.29, 1.82) is 0 Å². The minimum Gasteiger partial charge on any atom is -0.397 e. The summed E-state index contributed by atoms with van der Waals surface area (Å²) in [5.41, 5.74) is 1.68. The first-order valence-corrected chi connectivity index (χ1v) is 8.03. The van der Waals surface area contributed by atoms with Crippen molar-refractivity contribution in [3.05, 3.63) is 18.3 Å². The summed E-state index contributed by atoms with van der Waals surface area (Å²) in [6.45, 7) is 8.64. The minimum atomic E-state index is -1.42. The molecule has 2 aromatic heterocycles. The van der Waals surface area contributed by atoms with Crippen LogP contribution < -0.4 is 0 Å². The Morgan fingerprint density at radius 1 is 1.33 bits per heavy atom. The summed E-state index contributed by atoms with van der Waals surface area (Å²) in [6, 6.07) is 0.